The fourth-order valence-electron chi connectivity index (χ4n) is 1.49. The average molecular weight is 197 g/mol. The molecule has 0 saturated heterocycles. The summed E-state index contributed by atoms with van der Waals surface area (Å²) in [7, 11) is 0. The summed E-state index contributed by atoms with van der Waals surface area (Å²) in [5.41, 5.74) is 1.56. The molecule has 0 aromatic carbocycles. The first-order valence-corrected chi connectivity index (χ1v) is 4.88. The van der Waals surface area contributed by atoms with E-state index in [1.54, 1.807) is 6.08 Å². The highest BCUT2D eigenvalue weighted by molar-refractivity contribution is 5.20. The van der Waals surface area contributed by atoms with Crippen LogP contribution in [0.2, 0.25) is 0 Å². The summed E-state index contributed by atoms with van der Waals surface area (Å²) in [4.78, 5) is 10.1. The van der Waals surface area contributed by atoms with Crippen LogP contribution in [-0.2, 0) is 0 Å². The van der Waals surface area contributed by atoms with Gasteiger partial charge >= 0.3 is 0 Å². The Kier molecular flexibility index (Phi) is 4.32. The van der Waals surface area contributed by atoms with Crippen molar-refractivity contribution in [2.24, 2.45) is 0 Å². The number of allylic oxidation sites excluding steroid dienone is 4. The fourth-order valence-corrected chi connectivity index (χ4v) is 1.49. The van der Waals surface area contributed by atoms with E-state index in [1.807, 2.05) is 6.08 Å². The van der Waals surface area contributed by atoms with Crippen LogP contribution in [0.1, 0.15) is 32.1 Å². The Morgan fingerprint density at radius 2 is 2.14 bits per heavy atom. The quantitative estimate of drug-likeness (QED) is 0.416. The summed E-state index contributed by atoms with van der Waals surface area (Å²) >= 11 is 0. The summed E-state index contributed by atoms with van der Waals surface area (Å²) in [6, 6.07) is 0. The van der Waals surface area contributed by atoms with E-state index in [4.69, 9.17) is 5.11 Å². The van der Waals surface area contributed by atoms with Crippen LogP contribution < -0.4 is 0 Å². The molecule has 0 radical (unpaired) electrons. The SMILES string of the molecule is O=[N+]([O-])C1=CC=C(CCCCO)CC1. The van der Waals surface area contributed by atoms with Crippen LogP contribution in [-0.4, -0.2) is 16.6 Å². The maximum absolute atomic E-state index is 10.4. The Bertz CT molecular complexity index is 269. The highest BCUT2D eigenvalue weighted by Crippen LogP contribution is 2.22. The highest BCUT2D eigenvalue weighted by atomic mass is 16.6. The second-order valence-electron chi connectivity index (χ2n) is 3.42. The fraction of sp³-hybridized carbons (Fsp3) is 0.600. The Hall–Kier alpha value is -1.16. The van der Waals surface area contributed by atoms with Crippen molar-refractivity contribution in [2.75, 3.05) is 6.61 Å². The molecule has 0 fully saturated rings. The summed E-state index contributed by atoms with van der Waals surface area (Å²) in [5.74, 6) is 0. The molecule has 1 aliphatic carbocycles. The summed E-state index contributed by atoms with van der Waals surface area (Å²) in [6.07, 6.45) is 7.49. The lowest BCUT2D eigenvalue weighted by Gasteiger charge is -2.09. The largest absolute Gasteiger partial charge is 0.396 e. The van der Waals surface area contributed by atoms with Gasteiger partial charge in [-0.25, -0.2) is 0 Å². The molecule has 78 valence electrons. The third-order valence-corrected chi connectivity index (χ3v) is 2.35. The topological polar surface area (TPSA) is 63.4 Å². The van der Waals surface area contributed by atoms with Gasteiger partial charge in [-0.1, -0.05) is 11.6 Å². The van der Waals surface area contributed by atoms with Crippen LogP contribution in [0.25, 0.3) is 0 Å². The predicted octanol–water partition coefficient (Wildman–Crippen LogP) is 2.03. The van der Waals surface area contributed by atoms with Crippen molar-refractivity contribution in [1.82, 2.24) is 0 Å². The molecule has 0 unspecified atom stereocenters. The first-order chi connectivity index (χ1) is 6.74. The molecule has 0 heterocycles. The monoisotopic (exact) mass is 197 g/mol. The van der Waals surface area contributed by atoms with Gasteiger partial charge in [0.2, 0.25) is 5.70 Å². The molecule has 4 heteroatoms. The van der Waals surface area contributed by atoms with Crippen molar-refractivity contribution in [1.29, 1.82) is 0 Å². The van der Waals surface area contributed by atoms with Gasteiger partial charge in [-0.3, -0.25) is 10.1 Å². The van der Waals surface area contributed by atoms with Crippen molar-refractivity contribution >= 4 is 0 Å². The Morgan fingerprint density at radius 1 is 1.36 bits per heavy atom. The molecular formula is C10H15NO3. The summed E-state index contributed by atoms with van der Waals surface area (Å²) < 4.78 is 0. The Morgan fingerprint density at radius 3 is 2.64 bits per heavy atom. The molecule has 1 aliphatic rings. The number of hydrogen-bond donors (Lipinski definition) is 1. The van der Waals surface area contributed by atoms with Crippen LogP contribution in [0.4, 0.5) is 0 Å². The average Bonchev–Trinajstić information content (AvgIpc) is 2.19. The van der Waals surface area contributed by atoms with Crippen molar-refractivity contribution in [3.63, 3.8) is 0 Å². The molecule has 1 rings (SSSR count). The zero-order valence-electron chi connectivity index (χ0n) is 8.11. The van der Waals surface area contributed by atoms with Gasteiger partial charge in [-0.2, -0.15) is 0 Å². The van der Waals surface area contributed by atoms with Gasteiger partial charge in [0.1, 0.15) is 0 Å². The highest BCUT2D eigenvalue weighted by Gasteiger charge is 2.14. The van der Waals surface area contributed by atoms with Crippen LogP contribution in [0.15, 0.2) is 23.4 Å². The molecule has 4 nitrogen and oxygen atoms in total. The van der Waals surface area contributed by atoms with Crippen LogP contribution in [0.5, 0.6) is 0 Å². The van der Waals surface area contributed by atoms with Crippen molar-refractivity contribution < 1.29 is 10.0 Å². The smallest absolute Gasteiger partial charge is 0.246 e. The molecule has 14 heavy (non-hydrogen) atoms. The predicted molar refractivity (Wildman–Crippen MR) is 53.3 cm³/mol. The van der Waals surface area contributed by atoms with Gasteiger partial charge in [0.15, 0.2) is 0 Å². The lowest BCUT2D eigenvalue weighted by atomic mass is 9.98. The van der Waals surface area contributed by atoms with Crippen LogP contribution in [0, 0.1) is 10.1 Å². The lowest BCUT2D eigenvalue weighted by Crippen LogP contribution is -2.02. The minimum absolute atomic E-state index is 0.225. The zero-order chi connectivity index (χ0) is 10.4. The van der Waals surface area contributed by atoms with Crippen LogP contribution >= 0.6 is 0 Å². The van der Waals surface area contributed by atoms with E-state index in [1.165, 1.54) is 5.57 Å². The minimum Gasteiger partial charge on any atom is -0.396 e. The first kappa shape index (κ1) is 10.9. The van der Waals surface area contributed by atoms with Gasteiger partial charge in [-0.05, 0) is 25.7 Å². The molecule has 0 atom stereocenters. The molecule has 0 amide bonds. The van der Waals surface area contributed by atoms with Crippen molar-refractivity contribution in [2.45, 2.75) is 32.1 Å². The van der Waals surface area contributed by atoms with Gasteiger partial charge in [0, 0.05) is 19.1 Å². The number of rotatable bonds is 5. The summed E-state index contributed by atoms with van der Waals surface area (Å²) in [6.45, 7) is 0.225. The summed E-state index contributed by atoms with van der Waals surface area (Å²) in [5, 5.41) is 19.0. The zero-order valence-corrected chi connectivity index (χ0v) is 8.11. The maximum Gasteiger partial charge on any atom is 0.246 e. The number of aliphatic hydroxyl groups is 1. The maximum atomic E-state index is 10.4. The normalized spacial score (nSPS) is 16.1. The third-order valence-electron chi connectivity index (χ3n) is 2.35. The van der Waals surface area contributed by atoms with E-state index in [0.717, 1.165) is 25.7 Å². The van der Waals surface area contributed by atoms with Gasteiger partial charge in [0.25, 0.3) is 0 Å². The van der Waals surface area contributed by atoms with Gasteiger partial charge in [-0.15, -0.1) is 0 Å². The molecule has 0 aromatic rings. The number of aliphatic hydroxyl groups excluding tert-OH is 1. The first-order valence-electron chi connectivity index (χ1n) is 4.88. The number of nitrogens with zero attached hydrogens (tertiary/aromatic N) is 1. The van der Waals surface area contributed by atoms with Crippen molar-refractivity contribution in [3.8, 4) is 0 Å². The Balaban J connectivity index is 2.39. The van der Waals surface area contributed by atoms with E-state index in [9.17, 15) is 10.1 Å². The number of hydrogen-bond acceptors (Lipinski definition) is 3. The van der Waals surface area contributed by atoms with E-state index in [0.29, 0.717) is 12.1 Å². The lowest BCUT2D eigenvalue weighted by molar-refractivity contribution is -0.428. The number of nitro groups is 1. The van der Waals surface area contributed by atoms with E-state index < -0.39 is 0 Å². The van der Waals surface area contributed by atoms with Gasteiger partial charge < -0.3 is 5.11 Å². The second-order valence-corrected chi connectivity index (χ2v) is 3.42. The number of unbranched alkanes of at least 4 members (excludes halogenated alkanes) is 1. The third kappa shape index (κ3) is 3.30. The standard InChI is InChI=1S/C10H15NO3/c12-8-2-1-3-9-4-6-10(7-5-9)11(13)14/h4,6,12H,1-3,5,7-8H2. The van der Waals surface area contributed by atoms with Crippen molar-refractivity contribution in [3.05, 3.63) is 33.5 Å². The van der Waals surface area contributed by atoms with E-state index >= 15 is 0 Å². The van der Waals surface area contributed by atoms with E-state index in [2.05, 4.69) is 0 Å². The van der Waals surface area contributed by atoms with E-state index in [-0.39, 0.29) is 11.5 Å². The molecule has 1 N–H and O–H groups in total. The molecule has 0 saturated carbocycles. The Labute approximate surface area is 83.1 Å². The minimum atomic E-state index is -0.318. The second kappa shape index (κ2) is 5.54. The molecule has 0 bridgehead atoms. The molecule has 0 aromatic heterocycles. The molecule has 0 aliphatic heterocycles. The van der Waals surface area contributed by atoms with Gasteiger partial charge in [0.05, 0.1) is 4.92 Å². The molecular weight excluding hydrogens is 182 g/mol. The molecule has 0 spiro atoms. The van der Waals surface area contributed by atoms with Crippen LogP contribution in [0.3, 0.4) is 0 Å².